The molecule has 0 heterocycles. The Bertz CT molecular complexity index is 811. The Morgan fingerprint density at radius 3 is 2.65 bits per heavy atom. The lowest BCUT2D eigenvalue weighted by atomic mass is 9.81. The van der Waals surface area contributed by atoms with E-state index < -0.39 is 0 Å². The van der Waals surface area contributed by atoms with Crippen LogP contribution >= 0.6 is 0 Å². The molecular formula is C20H18. The molecule has 1 atom stereocenters. The number of hydrogen-bond acceptors (Lipinski definition) is 0. The molecule has 98 valence electrons. The summed E-state index contributed by atoms with van der Waals surface area (Å²) in [4.78, 5) is 0. The smallest absolute Gasteiger partial charge is 0.0102 e. The summed E-state index contributed by atoms with van der Waals surface area (Å²) in [7, 11) is 0. The highest BCUT2D eigenvalue weighted by Crippen LogP contribution is 2.34. The van der Waals surface area contributed by atoms with Gasteiger partial charge in [-0.25, -0.2) is 0 Å². The van der Waals surface area contributed by atoms with Gasteiger partial charge in [0.05, 0.1) is 0 Å². The van der Waals surface area contributed by atoms with Gasteiger partial charge in [0.25, 0.3) is 0 Å². The van der Waals surface area contributed by atoms with E-state index in [1.54, 1.807) is 5.56 Å². The van der Waals surface area contributed by atoms with E-state index in [0.717, 1.165) is 6.42 Å². The molecule has 0 saturated heterocycles. The molecule has 0 radical (unpaired) electrons. The van der Waals surface area contributed by atoms with Gasteiger partial charge >= 0.3 is 0 Å². The second kappa shape index (κ2) is 4.49. The van der Waals surface area contributed by atoms with Crippen LogP contribution in [0, 0.1) is 5.92 Å². The molecule has 1 aliphatic carbocycles. The highest BCUT2D eigenvalue weighted by atomic mass is 14.2. The van der Waals surface area contributed by atoms with Gasteiger partial charge in [0.15, 0.2) is 0 Å². The van der Waals surface area contributed by atoms with Crippen molar-refractivity contribution < 1.29 is 0 Å². The molecule has 3 aromatic rings. The zero-order valence-electron chi connectivity index (χ0n) is 11.6. The van der Waals surface area contributed by atoms with E-state index in [0.29, 0.717) is 5.92 Å². The van der Waals surface area contributed by atoms with Crippen molar-refractivity contribution in [3.8, 4) is 0 Å². The van der Waals surface area contributed by atoms with Gasteiger partial charge in [0.2, 0.25) is 0 Å². The molecule has 0 bridgehead atoms. The molecule has 1 unspecified atom stereocenters. The van der Waals surface area contributed by atoms with Crippen LogP contribution in [-0.4, -0.2) is 0 Å². The maximum atomic E-state index is 3.96. The van der Waals surface area contributed by atoms with E-state index in [9.17, 15) is 0 Å². The summed E-state index contributed by atoms with van der Waals surface area (Å²) in [5.74, 6) is 0.653. The molecule has 3 aromatic carbocycles. The van der Waals surface area contributed by atoms with Crippen molar-refractivity contribution in [2.45, 2.75) is 19.3 Å². The highest BCUT2D eigenvalue weighted by Gasteiger charge is 2.18. The topological polar surface area (TPSA) is 0 Å². The molecule has 0 N–H and O–H groups in total. The predicted octanol–water partition coefficient (Wildman–Crippen LogP) is 5.28. The minimum atomic E-state index is 0.653. The predicted molar refractivity (Wildman–Crippen MR) is 87.2 cm³/mol. The fraction of sp³-hybridized carbons (Fsp3) is 0.200. The van der Waals surface area contributed by atoms with Crippen LogP contribution in [0.4, 0.5) is 0 Å². The van der Waals surface area contributed by atoms with E-state index in [1.807, 2.05) is 0 Å². The van der Waals surface area contributed by atoms with Crippen LogP contribution < -0.4 is 0 Å². The first-order chi connectivity index (χ1) is 9.86. The van der Waals surface area contributed by atoms with Crippen molar-refractivity contribution in [1.29, 1.82) is 0 Å². The van der Waals surface area contributed by atoms with Crippen molar-refractivity contribution >= 4 is 21.5 Å². The van der Waals surface area contributed by atoms with Gasteiger partial charge in [-0.1, -0.05) is 54.6 Å². The van der Waals surface area contributed by atoms with Crippen molar-refractivity contribution in [2.75, 3.05) is 0 Å². The zero-order chi connectivity index (χ0) is 13.5. The second-order valence-corrected chi connectivity index (χ2v) is 5.82. The van der Waals surface area contributed by atoms with Gasteiger partial charge in [0, 0.05) is 0 Å². The molecule has 0 spiro atoms. The quantitative estimate of drug-likeness (QED) is 0.411. The molecule has 0 heteroatoms. The Morgan fingerprint density at radius 2 is 1.75 bits per heavy atom. The van der Waals surface area contributed by atoms with Crippen LogP contribution in [0.15, 0.2) is 61.2 Å². The number of fused-ring (bicyclic) bond motifs is 5. The summed E-state index contributed by atoms with van der Waals surface area (Å²) in [6.07, 6.45) is 5.69. The standard InChI is InChI=1S/C20H18/c1-2-14-7-10-18-16(13-14)9-12-19-17-6-4-3-5-15(17)8-11-20(18)19/h2-6,8-9,11-12,14H,1,7,10,13H2. The Morgan fingerprint density at radius 1 is 0.900 bits per heavy atom. The molecule has 0 aliphatic heterocycles. The van der Waals surface area contributed by atoms with Crippen molar-refractivity contribution in [2.24, 2.45) is 5.92 Å². The Hall–Kier alpha value is -2.08. The van der Waals surface area contributed by atoms with Crippen molar-refractivity contribution in [3.63, 3.8) is 0 Å². The lowest BCUT2D eigenvalue weighted by Gasteiger charge is -2.24. The van der Waals surface area contributed by atoms with Crippen LogP contribution in [0.2, 0.25) is 0 Å². The van der Waals surface area contributed by atoms with E-state index in [1.165, 1.54) is 39.9 Å². The first kappa shape index (κ1) is 11.7. The molecular weight excluding hydrogens is 240 g/mol. The highest BCUT2D eigenvalue weighted by molar-refractivity contribution is 6.08. The Kier molecular flexibility index (Phi) is 2.63. The van der Waals surface area contributed by atoms with E-state index >= 15 is 0 Å². The van der Waals surface area contributed by atoms with E-state index in [4.69, 9.17) is 0 Å². The molecule has 0 nitrogen and oxygen atoms in total. The van der Waals surface area contributed by atoms with Crippen LogP contribution in [0.1, 0.15) is 17.5 Å². The summed E-state index contributed by atoms with van der Waals surface area (Å²) in [6, 6.07) is 17.9. The third kappa shape index (κ3) is 1.68. The summed E-state index contributed by atoms with van der Waals surface area (Å²) in [5.41, 5.74) is 3.08. The number of hydrogen-bond donors (Lipinski definition) is 0. The van der Waals surface area contributed by atoms with E-state index in [2.05, 4.69) is 61.2 Å². The third-order valence-corrected chi connectivity index (χ3v) is 4.72. The first-order valence-electron chi connectivity index (χ1n) is 7.41. The summed E-state index contributed by atoms with van der Waals surface area (Å²) in [6.45, 7) is 3.96. The minimum absolute atomic E-state index is 0.653. The molecule has 20 heavy (non-hydrogen) atoms. The van der Waals surface area contributed by atoms with Crippen LogP contribution in [-0.2, 0) is 12.8 Å². The van der Waals surface area contributed by atoms with Crippen molar-refractivity contribution in [3.05, 3.63) is 72.3 Å². The summed E-state index contributed by atoms with van der Waals surface area (Å²) < 4.78 is 0. The number of allylic oxidation sites excluding steroid dienone is 1. The van der Waals surface area contributed by atoms with Gasteiger partial charge in [0.1, 0.15) is 0 Å². The maximum absolute atomic E-state index is 3.96. The molecule has 0 aromatic heterocycles. The number of benzene rings is 3. The maximum Gasteiger partial charge on any atom is -0.0102 e. The average Bonchev–Trinajstić information content (AvgIpc) is 2.53. The van der Waals surface area contributed by atoms with Gasteiger partial charge < -0.3 is 0 Å². The first-order valence-corrected chi connectivity index (χ1v) is 7.41. The zero-order valence-corrected chi connectivity index (χ0v) is 11.6. The van der Waals surface area contributed by atoms with Gasteiger partial charge in [-0.3, -0.25) is 0 Å². The summed E-state index contributed by atoms with van der Waals surface area (Å²) >= 11 is 0. The second-order valence-electron chi connectivity index (χ2n) is 5.82. The Labute approximate surface area is 119 Å². The van der Waals surface area contributed by atoms with Crippen LogP contribution in [0.3, 0.4) is 0 Å². The number of rotatable bonds is 1. The third-order valence-electron chi connectivity index (χ3n) is 4.72. The van der Waals surface area contributed by atoms with Gasteiger partial charge in [-0.05, 0) is 57.9 Å². The fourth-order valence-corrected chi connectivity index (χ4v) is 3.60. The average molecular weight is 258 g/mol. The molecule has 0 amide bonds. The molecule has 0 saturated carbocycles. The van der Waals surface area contributed by atoms with Gasteiger partial charge in [-0.15, -0.1) is 6.58 Å². The number of aryl methyl sites for hydroxylation is 1. The largest absolute Gasteiger partial charge is 0.103 e. The normalized spacial score (nSPS) is 18.1. The molecule has 4 rings (SSSR count). The van der Waals surface area contributed by atoms with Crippen LogP contribution in [0.25, 0.3) is 21.5 Å². The van der Waals surface area contributed by atoms with E-state index in [-0.39, 0.29) is 0 Å². The monoisotopic (exact) mass is 258 g/mol. The van der Waals surface area contributed by atoms with Crippen molar-refractivity contribution in [1.82, 2.24) is 0 Å². The van der Waals surface area contributed by atoms with Gasteiger partial charge in [-0.2, -0.15) is 0 Å². The summed E-state index contributed by atoms with van der Waals surface area (Å²) in [5, 5.41) is 5.56. The van der Waals surface area contributed by atoms with Crippen LogP contribution in [0.5, 0.6) is 0 Å². The lowest BCUT2D eigenvalue weighted by Crippen LogP contribution is -2.12. The SMILES string of the molecule is C=CC1CCc2c(ccc3c2ccc2ccccc23)C1. The Balaban J connectivity index is 2.01. The lowest BCUT2D eigenvalue weighted by molar-refractivity contribution is 0.557. The minimum Gasteiger partial charge on any atom is -0.103 e. The molecule has 0 fully saturated rings. The molecule has 1 aliphatic rings. The fourth-order valence-electron chi connectivity index (χ4n) is 3.60.